The van der Waals surface area contributed by atoms with Gasteiger partial charge in [-0.2, -0.15) is 0 Å². The van der Waals surface area contributed by atoms with Crippen LogP contribution in [0.3, 0.4) is 0 Å². The smallest absolute Gasteiger partial charge is 0.251 e. The molecule has 1 amide bonds. The van der Waals surface area contributed by atoms with Crippen LogP contribution in [0.4, 0.5) is 0 Å². The quantitative estimate of drug-likeness (QED) is 0.784. The summed E-state index contributed by atoms with van der Waals surface area (Å²) in [5.74, 6) is -0.163. The van der Waals surface area contributed by atoms with E-state index in [-0.39, 0.29) is 18.6 Å². The second-order valence-electron chi connectivity index (χ2n) is 3.89. The predicted molar refractivity (Wildman–Crippen MR) is 65.8 cm³/mol. The normalized spacial score (nSPS) is 12.2. The zero-order chi connectivity index (χ0) is 12.7. The van der Waals surface area contributed by atoms with Gasteiger partial charge >= 0.3 is 0 Å². The molecule has 0 saturated heterocycles. The molecule has 1 aromatic rings. The van der Waals surface area contributed by atoms with E-state index in [0.29, 0.717) is 18.6 Å². The first-order chi connectivity index (χ1) is 8.21. The van der Waals surface area contributed by atoms with Crippen molar-refractivity contribution in [3.05, 3.63) is 35.4 Å². The number of rotatable bonds is 6. The molecule has 0 unspecified atom stereocenters. The Hall–Kier alpha value is -1.39. The van der Waals surface area contributed by atoms with E-state index in [0.717, 1.165) is 5.56 Å². The summed E-state index contributed by atoms with van der Waals surface area (Å²) in [5.41, 5.74) is 1.55. The van der Waals surface area contributed by atoms with Gasteiger partial charge in [0, 0.05) is 12.7 Å². The zero-order valence-electron chi connectivity index (χ0n) is 10.3. The van der Waals surface area contributed by atoms with Gasteiger partial charge in [-0.15, -0.1) is 0 Å². The maximum atomic E-state index is 11.9. The van der Waals surface area contributed by atoms with Gasteiger partial charge in [-0.25, -0.2) is 0 Å². The number of methoxy groups -OCH3 is 1. The van der Waals surface area contributed by atoms with Crippen molar-refractivity contribution < 1.29 is 14.6 Å². The Morgan fingerprint density at radius 2 is 2.29 bits per heavy atom. The molecule has 94 valence electrons. The third kappa shape index (κ3) is 4.17. The van der Waals surface area contributed by atoms with Crippen LogP contribution in [0.25, 0.3) is 0 Å². The highest BCUT2D eigenvalue weighted by Gasteiger charge is 2.11. The number of carbonyl (C=O) groups is 1. The molecule has 0 bridgehead atoms. The average molecular weight is 237 g/mol. The van der Waals surface area contributed by atoms with E-state index in [9.17, 15) is 4.79 Å². The summed E-state index contributed by atoms with van der Waals surface area (Å²) in [7, 11) is 1.62. The van der Waals surface area contributed by atoms with E-state index < -0.39 is 0 Å². The second-order valence-corrected chi connectivity index (χ2v) is 3.89. The number of aliphatic hydroxyl groups excluding tert-OH is 1. The monoisotopic (exact) mass is 237 g/mol. The van der Waals surface area contributed by atoms with Gasteiger partial charge in [-0.05, 0) is 24.1 Å². The van der Waals surface area contributed by atoms with Crippen LogP contribution < -0.4 is 5.32 Å². The van der Waals surface area contributed by atoms with E-state index in [2.05, 4.69) is 5.32 Å². The summed E-state index contributed by atoms with van der Waals surface area (Å²) in [6, 6.07) is 7.09. The summed E-state index contributed by atoms with van der Waals surface area (Å²) < 4.78 is 5.01. The summed E-state index contributed by atoms with van der Waals surface area (Å²) in [6.45, 7) is 2.36. The standard InChI is InChI=1S/C13H19NO3/c1-3-12(8-15)14-13(16)11-6-4-5-10(7-11)9-17-2/h4-7,12,15H,3,8-9H2,1-2H3,(H,14,16)/t12-/m0/s1. The highest BCUT2D eigenvalue weighted by atomic mass is 16.5. The molecule has 1 atom stereocenters. The Kier molecular flexibility index (Phi) is 5.66. The summed E-state index contributed by atoms with van der Waals surface area (Å²) in [5, 5.41) is 11.8. The first-order valence-electron chi connectivity index (χ1n) is 5.70. The fourth-order valence-corrected chi connectivity index (χ4v) is 1.51. The van der Waals surface area contributed by atoms with Crippen LogP contribution in [-0.2, 0) is 11.3 Å². The number of carbonyl (C=O) groups excluding carboxylic acids is 1. The molecule has 4 nitrogen and oxygen atoms in total. The minimum atomic E-state index is -0.186. The van der Waals surface area contributed by atoms with Gasteiger partial charge in [0.1, 0.15) is 0 Å². The van der Waals surface area contributed by atoms with E-state index in [1.165, 1.54) is 0 Å². The number of benzene rings is 1. The predicted octanol–water partition coefficient (Wildman–Crippen LogP) is 1.33. The molecule has 0 fully saturated rings. The molecule has 0 aliphatic heterocycles. The fourth-order valence-electron chi connectivity index (χ4n) is 1.51. The Labute approximate surface area is 102 Å². The highest BCUT2D eigenvalue weighted by molar-refractivity contribution is 5.94. The van der Waals surface area contributed by atoms with Crippen molar-refractivity contribution in [1.29, 1.82) is 0 Å². The maximum absolute atomic E-state index is 11.9. The Bertz CT molecular complexity index is 361. The summed E-state index contributed by atoms with van der Waals surface area (Å²) in [4.78, 5) is 11.9. The van der Waals surface area contributed by atoms with Gasteiger partial charge in [0.2, 0.25) is 0 Å². The minimum Gasteiger partial charge on any atom is -0.394 e. The van der Waals surface area contributed by atoms with Crippen molar-refractivity contribution >= 4 is 5.91 Å². The number of nitrogens with one attached hydrogen (secondary N) is 1. The van der Waals surface area contributed by atoms with Crippen molar-refractivity contribution in [2.45, 2.75) is 26.0 Å². The van der Waals surface area contributed by atoms with Crippen molar-refractivity contribution in [2.24, 2.45) is 0 Å². The molecule has 0 aliphatic carbocycles. The summed E-state index contributed by atoms with van der Waals surface area (Å²) >= 11 is 0. The average Bonchev–Trinajstić information content (AvgIpc) is 2.36. The van der Waals surface area contributed by atoms with Crippen molar-refractivity contribution in [3.8, 4) is 0 Å². The van der Waals surface area contributed by atoms with E-state index in [1.807, 2.05) is 19.1 Å². The van der Waals surface area contributed by atoms with Crippen LogP contribution in [0.15, 0.2) is 24.3 Å². The summed E-state index contributed by atoms with van der Waals surface area (Å²) in [6.07, 6.45) is 0.708. The third-order valence-corrected chi connectivity index (χ3v) is 2.55. The fraction of sp³-hybridized carbons (Fsp3) is 0.462. The topological polar surface area (TPSA) is 58.6 Å². The molecule has 0 aliphatic rings. The van der Waals surface area contributed by atoms with E-state index in [1.54, 1.807) is 19.2 Å². The van der Waals surface area contributed by atoms with Gasteiger partial charge in [-0.1, -0.05) is 19.1 Å². The number of amides is 1. The van der Waals surface area contributed by atoms with E-state index >= 15 is 0 Å². The highest BCUT2D eigenvalue weighted by Crippen LogP contribution is 2.07. The Morgan fingerprint density at radius 1 is 1.53 bits per heavy atom. The van der Waals surface area contributed by atoms with Gasteiger partial charge in [0.25, 0.3) is 5.91 Å². The van der Waals surface area contributed by atoms with Crippen molar-refractivity contribution in [1.82, 2.24) is 5.32 Å². The maximum Gasteiger partial charge on any atom is 0.251 e. The van der Waals surface area contributed by atoms with Gasteiger partial charge in [0.05, 0.1) is 19.3 Å². The number of aliphatic hydroxyl groups is 1. The van der Waals surface area contributed by atoms with Crippen LogP contribution in [0.5, 0.6) is 0 Å². The molecule has 1 aromatic carbocycles. The van der Waals surface area contributed by atoms with Gasteiger partial charge < -0.3 is 15.2 Å². The Morgan fingerprint density at radius 3 is 2.88 bits per heavy atom. The lowest BCUT2D eigenvalue weighted by atomic mass is 10.1. The van der Waals surface area contributed by atoms with E-state index in [4.69, 9.17) is 9.84 Å². The first kappa shape index (κ1) is 13.7. The van der Waals surface area contributed by atoms with Crippen LogP contribution >= 0.6 is 0 Å². The van der Waals surface area contributed by atoms with Crippen LogP contribution in [-0.4, -0.2) is 30.8 Å². The number of hydrogen-bond donors (Lipinski definition) is 2. The second kappa shape index (κ2) is 7.04. The van der Waals surface area contributed by atoms with Crippen molar-refractivity contribution in [3.63, 3.8) is 0 Å². The molecule has 0 aromatic heterocycles. The molecular formula is C13H19NO3. The Balaban J connectivity index is 2.71. The third-order valence-electron chi connectivity index (χ3n) is 2.55. The number of hydrogen-bond acceptors (Lipinski definition) is 3. The molecule has 0 spiro atoms. The van der Waals surface area contributed by atoms with Crippen LogP contribution in [0.2, 0.25) is 0 Å². The minimum absolute atomic E-state index is 0.0417. The molecule has 4 heteroatoms. The lowest BCUT2D eigenvalue weighted by molar-refractivity contribution is 0.0914. The van der Waals surface area contributed by atoms with Gasteiger partial charge in [0.15, 0.2) is 0 Å². The molecule has 17 heavy (non-hydrogen) atoms. The molecule has 0 saturated carbocycles. The van der Waals surface area contributed by atoms with Crippen LogP contribution in [0.1, 0.15) is 29.3 Å². The van der Waals surface area contributed by atoms with Crippen LogP contribution in [0, 0.1) is 0 Å². The molecule has 2 N–H and O–H groups in total. The van der Waals surface area contributed by atoms with Crippen molar-refractivity contribution in [2.75, 3.05) is 13.7 Å². The SMILES string of the molecule is CC[C@@H](CO)NC(=O)c1cccc(COC)c1. The lowest BCUT2D eigenvalue weighted by Crippen LogP contribution is -2.36. The zero-order valence-corrected chi connectivity index (χ0v) is 10.3. The molecule has 0 heterocycles. The molecule has 1 rings (SSSR count). The lowest BCUT2D eigenvalue weighted by Gasteiger charge is -2.14. The first-order valence-corrected chi connectivity index (χ1v) is 5.70. The van der Waals surface area contributed by atoms with Gasteiger partial charge in [-0.3, -0.25) is 4.79 Å². The molecular weight excluding hydrogens is 218 g/mol. The number of ether oxygens (including phenoxy) is 1. The molecule has 0 radical (unpaired) electrons. The largest absolute Gasteiger partial charge is 0.394 e.